The highest BCUT2D eigenvalue weighted by atomic mass is 32.2. The Balaban J connectivity index is 2.06. The molecule has 7 nitrogen and oxygen atoms in total. The van der Waals surface area contributed by atoms with E-state index in [2.05, 4.69) is 20.1 Å². The lowest BCUT2D eigenvalue weighted by Crippen LogP contribution is -2.16. The Kier molecular flexibility index (Phi) is 3.61. The van der Waals surface area contributed by atoms with Crippen LogP contribution in [0.2, 0.25) is 0 Å². The number of aryl methyl sites for hydroxylation is 2. The zero-order valence-corrected chi connectivity index (χ0v) is 11.9. The van der Waals surface area contributed by atoms with Crippen molar-refractivity contribution in [3.05, 3.63) is 45.5 Å². The predicted octanol–water partition coefficient (Wildman–Crippen LogP) is 0.899. The SMILES string of the molecule is NC(=NO)c1cc2c(nc1Sc1nccc(=O)[nH]1)CCC2. The molecule has 108 valence electrons. The van der Waals surface area contributed by atoms with Crippen molar-refractivity contribution in [3.8, 4) is 0 Å². The average Bonchev–Trinajstić information content (AvgIpc) is 2.93. The highest BCUT2D eigenvalue weighted by Crippen LogP contribution is 2.30. The van der Waals surface area contributed by atoms with E-state index in [1.165, 1.54) is 24.0 Å². The Morgan fingerprint density at radius 1 is 1.48 bits per heavy atom. The third kappa shape index (κ3) is 2.75. The largest absolute Gasteiger partial charge is 0.409 e. The van der Waals surface area contributed by atoms with Crippen LogP contribution >= 0.6 is 11.8 Å². The monoisotopic (exact) mass is 303 g/mol. The van der Waals surface area contributed by atoms with Gasteiger partial charge >= 0.3 is 0 Å². The standard InChI is InChI=1S/C13H13N5O2S/c14-11(18-20)8-6-7-2-1-3-9(7)16-12(8)21-13-15-5-4-10(19)17-13/h4-6,20H,1-3H2,(H2,14,18)(H,15,17,19). The fraction of sp³-hybridized carbons (Fsp3) is 0.231. The van der Waals surface area contributed by atoms with Crippen LogP contribution in [0.15, 0.2) is 38.5 Å². The summed E-state index contributed by atoms with van der Waals surface area (Å²) in [5.74, 6) is -0.00187. The maximum absolute atomic E-state index is 11.3. The molecule has 0 saturated carbocycles. The number of fused-ring (bicyclic) bond motifs is 1. The van der Waals surface area contributed by atoms with Gasteiger partial charge in [-0.2, -0.15) is 0 Å². The van der Waals surface area contributed by atoms with Gasteiger partial charge in [0.1, 0.15) is 5.03 Å². The van der Waals surface area contributed by atoms with Crippen molar-refractivity contribution in [3.63, 3.8) is 0 Å². The van der Waals surface area contributed by atoms with Crippen molar-refractivity contribution in [1.82, 2.24) is 15.0 Å². The first-order valence-electron chi connectivity index (χ1n) is 6.41. The lowest BCUT2D eigenvalue weighted by atomic mass is 10.1. The molecule has 4 N–H and O–H groups in total. The van der Waals surface area contributed by atoms with Crippen LogP contribution in [0.1, 0.15) is 23.2 Å². The molecule has 2 heterocycles. The number of rotatable bonds is 3. The van der Waals surface area contributed by atoms with Gasteiger partial charge in [0.15, 0.2) is 11.0 Å². The van der Waals surface area contributed by atoms with E-state index in [-0.39, 0.29) is 11.4 Å². The van der Waals surface area contributed by atoms with E-state index in [9.17, 15) is 4.79 Å². The van der Waals surface area contributed by atoms with E-state index in [1.54, 1.807) is 0 Å². The third-order valence-corrected chi connectivity index (χ3v) is 4.15. The fourth-order valence-corrected chi connectivity index (χ4v) is 3.14. The quantitative estimate of drug-likeness (QED) is 0.255. The molecule has 1 aliphatic rings. The molecule has 0 saturated heterocycles. The molecule has 0 fully saturated rings. The number of aromatic nitrogens is 3. The maximum atomic E-state index is 11.3. The molecule has 0 aromatic carbocycles. The molecule has 0 radical (unpaired) electrons. The summed E-state index contributed by atoms with van der Waals surface area (Å²) in [7, 11) is 0. The van der Waals surface area contributed by atoms with Gasteiger partial charge < -0.3 is 15.9 Å². The second-order valence-corrected chi connectivity index (χ2v) is 5.60. The van der Waals surface area contributed by atoms with Gasteiger partial charge in [0.25, 0.3) is 5.56 Å². The molecule has 1 aliphatic carbocycles. The summed E-state index contributed by atoms with van der Waals surface area (Å²) < 4.78 is 0. The topological polar surface area (TPSA) is 117 Å². The van der Waals surface area contributed by atoms with Crippen LogP contribution < -0.4 is 11.3 Å². The van der Waals surface area contributed by atoms with Crippen LogP contribution in [-0.4, -0.2) is 26.0 Å². The molecule has 8 heteroatoms. The predicted molar refractivity (Wildman–Crippen MR) is 77.8 cm³/mol. The van der Waals surface area contributed by atoms with Gasteiger partial charge in [-0.05, 0) is 42.7 Å². The van der Waals surface area contributed by atoms with E-state index in [1.807, 2.05) is 6.07 Å². The van der Waals surface area contributed by atoms with E-state index in [0.29, 0.717) is 15.7 Å². The number of nitrogens with zero attached hydrogens (tertiary/aromatic N) is 3. The highest BCUT2D eigenvalue weighted by molar-refractivity contribution is 7.99. The number of H-pyrrole nitrogens is 1. The Hall–Kier alpha value is -2.35. The second-order valence-electron chi connectivity index (χ2n) is 4.63. The summed E-state index contributed by atoms with van der Waals surface area (Å²) >= 11 is 1.19. The molecule has 0 bridgehead atoms. The number of hydrogen-bond acceptors (Lipinski definition) is 6. The smallest absolute Gasteiger partial charge is 0.251 e. The molecular formula is C13H13N5O2S. The number of aromatic amines is 1. The molecule has 0 atom stereocenters. The minimum Gasteiger partial charge on any atom is -0.409 e. The van der Waals surface area contributed by atoms with E-state index >= 15 is 0 Å². The number of oxime groups is 1. The molecule has 21 heavy (non-hydrogen) atoms. The summed E-state index contributed by atoms with van der Waals surface area (Å²) in [5, 5.41) is 13.0. The molecule has 0 unspecified atom stereocenters. The van der Waals surface area contributed by atoms with E-state index in [4.69, 9.17) is 10.9 Å². The van der Waals surface area contributed by atoms with Crippen LogP contribution in [0.4, 0.5) is 0 Å². The zero-order valence-electron chi connectivity index (χ0n) is 11.0. The minimum atomic E-state index is -0.237. The van der Waals surface area contributed by atoms with Crippen molar-refractivity contribution < 1.29 is 5.21 Å². The summed E-state index contributed by atoms with van der Waals surface area (Å²) in [6, 6.07) is 3.23. The number of hydrogen-bond donors (Lipinski definition) is 3. The van der Waals surface area contributed by atoms with Crippen LogP contribution in [0, 0.1) is 0 Å². The van der Waals surface area contributed by atoms with Crippen LogP contribution in [-0.2, 0) is 12.8 Å². The van der Waals surface area contributed by atoms with Gasteiger partial charge in [0, 0.05) is 18.0 Å². The molecule has 0 amide bonds. The van der Waals surface area contributed by atoms with Crippen molar-refractivity contribution in [1.29, 1.82) is 0 Å². The fourth-order valence-electron chi connectivity index (χ4n) is 2.26. The Labute approximate surface area is 124 Å². The number of amidine groups is 1. The Morgan fingerprint density at radius 3 is 3.10 bits per heavy atom. The summed E-state index contributed by atoms with van der Waals surface area (Å²) in [6.45, 7) is 0. The van der Waals surface area contributed by atoms with Crippen molar-refractivity contribution in [2.45, 2.75) is 29.4 Å². The highest BCUT2D eigenvalue weighted by Gasteiger charge is 2.19. The number of nitrogens with two attached hydrogens (primary N) is 1. The van der Waals surface area contributed by atoms with E-state index < -0.39 is 0 Å². The lowest BCUT2D eigenvalue weighted by molar-refractivity contribution is 0.318. The summed E-state index contributed by atoms with van der Waals surface area (Å²) in [4.78, 5) is 22.6. The Morgan fingerprint density at radius 2 is 2.33 bits per heavy atom. The molecule has 0 spiro atoms. The first-order chi connectivity index (χ1) is 10.2. The lowest BCUT2D eigenvalue weighted by Gasteiger charge is -2.09. The van der Waals surface area contributed by atoms with Crippen molar-refractivity contribution in [2.24, 2.45) is 10.9 Å². The van der Waals surface area contributed by atoms with Gasteiger partial charge in [-0.15, -0.1) is 0 Å². The summed E-state index contributed by atoms with van der Waals surface area (Å²) in [5.41, 5.74) is 8.18. The van der Waals surface area contributed by atoms with Crippen LogP contribution in [0.5, 0.6) is 0 Å². The average molecular weight is 303 g/mol. The normalized spacial score (nSPS) is 14.2. The molecule has 2 aromatic rings. The van der Waals surface area contributed by atoms with Gasteiger partial charge in [0.2, 0.25) is 0 Å². The first-order valence-corrected chi connectivity index (χ1v) is 7.23. The second kappa shape index (κ2) is 5.57. The van der Waals surface area contributed by atoms with Gasteiger partial charge in [-0.1, -0.05) is 5.16 Å². The molecule has 3 rings (SSSR count). The van der Waals surface area contributed by atoms with Gasteiger partial charge in [0.05, 0.1) is 5.56 Å². The maximum Gasteiger partial charge on any atom is 0.251 e. The number of pyridine rings is 1. The molecular weight excluding hydrogens is 290 g/mol. The third-order valence-electron chi connectivity index (χ3n) is 3.24. The van der Waals surface area contributed by atoms with Crippen LogP contribution in [0.25, 0.3) is 0 Å². The molecule has 0 aliphatic heterocycles. The molecule has 2 aromatic heterocycles. The zero-order chi connectivity index (χ0) is 14.8. The Bertz CT molecular complexity index is 771. The van der Waals surface area contributed by atoms with Crippen LogP contribution in [0.3, 0.4) is 0 Å². The summed E-state index contributed by atoms with van der Waals surface area (Å²) in [6.07, 6.45) is 4.33. The van der Waals surface area contributed by atoms with Gasteiger partial charge in [-0.3, -0.25) is 4.79 Å². The van der Waals surface area contributed by atoms with Gasteiger partial charge in [-0.25, -0.2) is 9.97 Å². The van der Waals surface area contributed by atoms with E-state index in [0.717, 1.165) is 30.5 Å². The number of nitrogens with one attached hydrogen (secondary N) is 1. The first kappa shape index (κ1) is 13.6. The van der Waals surface area contributed by atoms with Crippen molar-refractivity contribution in [2.75, 3.05) is 0 Å². The minimum absolute atomic E-state index is 0.00187. The van der Waals surface area contributed by atoms with Crippen molar-refractivity contribution >= 4 is 17.6 Å².